The third-order valence-electron chi connectivity index (χ3n) is 6.44. The first-order valence-electron chi connectivity index (χ1n) is 11.6. The fourth-order valence-electron chi connectivity index (χ4n) is 4.66. The average molecular weight is 444 g/mol. The van der Waals surface area contributed by atoms with Crippen molar-refractivity contribution >= 4 is 23.7 Å². The monoisotopic (exact) mass is 443 g/mol. The van der Waals surface area contributed by atoms with E-state index in [0.29, 0.717) is 38.8 Å². The van der Waals surface area contributed by atoms with Gasteiger partial charge in [0.05, 0.1) is 6.04 Å². The molecule has 0 radical (unpaired) electrons. The minimum absolute atomic E-state index is 0.154. The van der Waals surface area contributed by atoms with Crippen LogP contribution in [0, 0.1) is 0 Å². The molecule has 0 aromatic heterocycles. The van der Waals surface area contributed by atoms with Crippen LogP contribution in [-0.4, -0.2) is 63.3 Å². The summed E-state index contributed by atoms with van der Waals surface area (Å²) in [7, 11) is 0. The quantitative estimate of drug-likeness (QED) is 0.596. The van der Waals surface area contributed by atoms with Gasteiger partial charge in [-0.3, -0.25) is 19.3 Å². The minimum atomic E-state index is -1.24. The van der Waals surface area contributed by atoms with Crippen LogP contribution in [0.3, 0.4) is 0 Å². The Morgan fingerprint density at radius 1 is 1.16 bits per heavy atom. The molecule has 1 fully saturated rings. The van der Waals surface area contributed by atoms with Crippen LogP contribution in [0.5, 0.6) is 0 Å². The number of rotatable bonds is 8. The first-order chi connectivity index (χ1) is 15.4. The van der Waals surface area contributed by atoms with Gasteiger partial charge in [-0.1, -0.05) is 51.0 Å². The van der Waals surface area contributed by atoms with Gasteiger partial charge in [0.15, 0.2) is 0 Å². The molecule has 0 aliphatic carbocycles. The maximum absolute atomic E-state index is 13.6. The highest BCUT2D eigenvalue weighted by atomic mass is 16.4. The molecule has 2 unspecified atom stereocenters. The van der Waals surface area contributed by atoms with Crippen molar-refractivity contribution in [3.8, 4) is 0 Å². The Kier molecular flexibility index (Phi) is 8.01. The van der Waals surface area contributed by atoms with Gasteiger partial charge in [-0.2, -0.15) is 0 Å². The van der Waals surface area contributed by atoms with E-state index < -0.39 is 35.9 Å². The number of imide groups is 1. The summed E-state index contributed by atoms with van der Waals surface area (Å²) in [6, 6.07) is 5.06. The lowest BCUT2D eigenvalue weighted by Gasteiger charge is -2.36. The molecule has 2 heterocycles. The van der Waals surface area contributed by atoms with Gasteiger partial charge in [-0.05, 0) is 36.8 Å². The van der Waals surface area contributed by atoms with E-state index in [2.05, 4.69) is 5.32 Å². The molecule has 0 spiro atoms. The van der Waals surface area contributed by atoms with E-state index in [1.807, 2.05) is 31.2 Å². The number of amides is 3. The van der Waals surface area contributed by atoms with Crippen molar-refractivity contribution in [3.05, 3.63) is 35.4 Å². The van der Waals surface area contributed by atoms with E-state index >= 15 is 0 Å². The highest BCUT2D eigenvalue weighted by molar-refractivity contribution is 6.04. The van der Waals surface area contributed by atoms with Gasteiger partial charge in [0.25, 0.3) is 5.91 Å². The molecule has 0 bridgehead atoms. The standard InChI is InChI=1S/C24H33N3O5/c1-3-5-11-20(24(31)32)27(23(30)19-12-8-13-26(19)21(28)4-2)22(29)18-14-16-9-6-7-10-17(16)15-25-18/h6-7,9-10,18-20,25H,3-5,8,11-15H2,1-2H3,(H,31,32)/t18-,19?,20?/m0/s1. The highest BCUT2D eigenvalue weighted by Gasteiger charge is 2.44. The Balaban J connectivity index is 1.91. The van der Waals surface area contributed by atoms with Crippen molar-refractivity contribution in [2.75, 3.05) is 6.54 Å². The SMILES string of the molecule is CCCCC(C(=O)O)N(C(=O)C1CCCN1C(=O)CC)C(=O)[C@@H]1Cc2ccccc2CN1. The molecule has 2 N–H and O–H groups in total. The minimum Gasteiger partial charge on any atom is -0.480 e. The lowest BCUT2D eigenvalue weighted by atomic mass is 9.94. The van der Waals surface area contributed by atoms with Crippen LogP contribution in [0.25, 0.3) is 0 Å². The van der Waals surface area contributed by atoms with Crippen LogP contribution < -0.4 is 5.32 Å². The number of hydrogen-bond acceptors (Lipinski definition) is 5. The average Bonchev–Trinajstić information content (AvgIpc) is 3.30. The molecule has 2 aliphatic rings. The summed E-state index contributed by atoms with van der Waals surface area (Å²) >= 11 is 0. The molecule has 8 heteroatoms. The summed E-state index contributed by atoms with van der Waals surface area (Å²) in [5.41, 5.74) is 2.10. The number of benzene rings is 1. The molecule has 3 rings (SSSR count). The number of carboxylic acids is 1. The van der Waals surface area contributed by atoms with Crippen molar-refractivity contribution in [1.29, 1.82) is 0 Å². The molecule has 1 saturated heterocycles. The van der Waals surface area contributed by atoms with E-state index in [9.17, 15) is 24.3 Å². The van der Waals surface area contributed by atoms with Gasteiger partial charge in [0.1, 0.15) is 12.1 Å². The molecule has 32 heavy (non-hydrogen) atoms. The predicted molar refractivity (Wildman–Crippen MR) is 119 cm³/mol. The molecule has 8 nitrogen and oxygen atoms in total. The van der Waals surface area contributed by atoms with Crippen LogP contribution in [-0.2, 0) is 32.1 Å². The summed E-state index contributed by atoms with van der Waals surface area (Å²) in [6.07, 6.45) is 3.27. The molecule has 1 aromatic carbocycles. The molecule has 0 saturated carbocycles. The van der Waals surface area contributed by atoms with Crippen molar-refractivity contribution in [3.63, 3.8) is 0 Å². The fraction of sp³-hybridized carbons (Fsp3) is 0.583. The number of carboxylic acid groups (broad SMARTS) is 1. The van der Waals surface area contributed by atoms with Crippen LogP contribution in [0.15, 0.2) is 24.3 Å². The Hall–Kier alpha value is -2.74. The topological polar surface area (TPSA) is 107 Å². The molecule has 2 aliphatic heterocycles. The van der Waals surface area contributed by atoms with Gasteiger partial charge in [-0.15, -0.1) is 0 Å². The Morgan fingerprint density at radius 2 is 1.88 bits per heavy atom. The zero-order chi connectivity index (χ0) is 23.3. The Morgan fingerprint density at radius 3 is 2.53 bits per heavy atom. The number of likely N-dealkylation sites (tertiary alicyclic amines) is 1. The number of aliphatic carboxylic acids is 1. The first-order valence-corrected chi connectivity index (χ1v) is 11.6. The van der Waals surface area contributed by atoms with Crippen LogP contribution in [0.2, 0.25) is 0 Å². The number of nitrogens with one attached hydrogen (secondary N) is 1. The smallest absolute Gasteiger partial charge is 0.326 e. The second-order valence-corrected chi connectivity index (χ2v) is 8.55. The number of hydrogen-bond donors (Lipinski definition) is 2. The van der Waals surface area contributed by atoms with Crippen molar-refractivity contribution in [2.45, 2.75) is 83.5 Å². The third-order valence-corrected chi connectivity index (χ3v) is 6.44. The van der Waals surface area contributed by atoms with E-state index in [1.54, 1.807) is 6.92 Å². The second kappa shape index (κ2) is 10.7. The number of carbonyl (C=O) groups excluding carboxylic acids is 3. The van der Waals surface area contributed by atoms with Crippen molar-refractivity contribution in [2.24, 2.45) is 0 Å². The van der Waals surface area contributed by atoms with Crippen LogP contribution in [0.4, 0.5) is 0 Å². The van der Waals surface area contributed by atoms with E-state index in [4.69, 9.17) is 0 Å². The number of unbranched alkanes of at least 4 members (excludes halogenated alkanes) is 1. The lowest BCUT2D eigenvalue weighted by molar-refractivity contribution is -0.162. The van der Waals surface area contributed by atoms with Crippen molar-refractivity contribution < 1.29 is 24.3 Å². The summed E-state index contributed by atoms with van der Waals surface area (Å²) in [6.45, 7) is 4.60. The van der Waals surface area contributed by atoms with Gasteiger partial charge in [0.2, 0.25) is 11.8 Å². The molecule has 3 atom stereocenters. The van der Waals surface area contributed by atoms with E-state index in [0.717, 1.165) is 22.4 Å². The first kappa shape index (κ1) is 23.9. The Bertz CT molecular complexity index is 871. The number of fused-ring (bicyclic) bond motifs is 1. The maximum atomic E-state index is 13.6. The largest absolute Gasteiger partial charge is 0.480 e. The molecule has 3 amide bonds. The normalized spacial score (nSPS) is 21.0. The second-order valence-electron chi connectivity index (χ2n) is 8.55. The van der Waals surface area contributed by atoms with E-state index in [-0.39, 0.29) is 18.7 Å². The maximum Gasteiger partial charge on any atom is 0.326 e. The van der Waals surface area contributed by atoms with Gasteiger partial charge >= 0.3 is 5.97 Å². The van der Waals surface area contributed by atoms with E-state index in [1.165, 1.54) is 4.90 Å². The summed E-state index contributed by atoms with van der Waals surface area (Å²) in [5, 5.41) is 13.1. The molecule has 1 aromatic rings. The van der Waals surface area contributed by atoms with Crippen LogP contribution >= 0.6 is 0 Å². The summed E-state index contributed by atoms with van der Waals surface area (Å²) in [5.74, 6) is -2.44. The molecule has 174 valence electrons. The molecular formula is C24H33N3O5. The lowest BCUT2D eigenvalue weighted by Crippen LogP contribution is -2.60. The van der Waals surface area contributed by atoms with Gasteiger partial charge in [0, 0.05) is 19.5 Å². The Labute approximate surface area is 188 Å². The third kappa shape index (κ3) is 5.01. The van der Waals surface area contributed by atoms with Gasteiger partial charge < -0.3 is 15.3 Å². The molecular weight excluding hydrogens is 410 g/mol. The number of carbonyl (C=O) groups is 4. The zero-order valence-electron chi connectivity index (χ0n) is 18.9. The highest BCUT2D eigenvalue weighted by Crippen LogP contribution is 2.25. The zero-order valence-corrected chi connectivity index (χ0v) is 18.9. The van der Waals surface area contributed by atoms with Gasteiger partial charge in [-0.25, -0.2) is 4.79 Å². The summed E-state index contributed by atoms with van der Waals surface area (Å²) < 4.78 is 0. The summed E-state index contributed by atoms with van der Waals surface area (Å²) in [4.78, 5) is 54.3. The predicted octanol–water partition coefficient (Wildman–Crippen LogP) is 2.10. The van der Waals surface area contributed by atoms with Crippen LogP contribution in [0.1, 0.15) is 63.5 Å². The number of nitrogens with zero attached hydrogens (tertiary/aromatic N) is 2. The fourth-order valence-corrected chi connectivity index (χ4v) is 4.66. The van der Waals surface area contributed by atoms with Crippen molar-refractivity contribution in [1.82, 2.24) is 15.1 Å².